The number of nitrogens with one attached hydrogen (secondary N) is 1. The lowest BCUT2D eigenvalue weighted by molar-refractivity contribution is 0.145. The van der Waals surface area contributed by atoms with Crippen molar-refractivity contribution in [2.75, 3.05) is 11.9 Å². The average Bonchev–Trinajstić information content (AvgIpc) is 2.29. The Balaban J connectivity index is 2.10. The first-order valence-electron chi connectivity index (χ1n) is 6.89. The van der Waals surface area contributed by atoms with Crippen molar-refractivity contribution in [3.63, 3.8) is 0 Å². The monoisotopic (exact) mass is 249 g/mol. The molecule has 1 fully saturated rings. The fraction of sp³-hybridized carbons (Fsp3) is 0.714. The molecule has 0 bridgehead atoms. The van der Waals surface area contributed by atoms with E-state index in [1.807, 2.05) is 13.8 Å². The van der Waals surface area contributed by atoms with E-state index >= 15 is 0 Å². The van der Waals surface area contributed by atoms with Crippen LogP contribution in [0.2, 0.25) is 0 Å². The van der Waals surface area contributed by atoms with Gasteiger partial charge < -0.3 is 9.88 Å². The van der Waals surface area contributed by atoms with Crippen LogP contribution in [-0.4, -0.2) is 16.1 Å². The van der Waals surface area contributed by atoms with Crippen LogP contribution in [0.5, 0.6) is 0 Å². The highest BCUT2D eigenvalue weighted by atomic mass is 16.1. The van der Waals surface area contributed by atoms with Gasteiger partial charge in [-0.05, 0) is 38.5 Å². The molecule has 1 saturated carbocycles. The van der Waals surface area contributed by atoms with Crippen LogP contribution in [0.15, 0.2) is 17.2 Å². The van der Waals surface area contributed by atoms with Gasteiger partial charge in [0.1, 0.15) is 0 Å². The van der Waals surface area contributed by atoms with Crippen LogP contribution in [0.25, 0.3) is 0 Å². The number of nitrogens with zero attached hydrogens (tertiary/aromatic N) is 2. The van der Waals surface area contributed by atoms with E-state index in [0.717, 1.165) is 6.54 Å². The van der Waals surface area contributed by atoms with Crippen LogP contribution in [0.4, 0.5) is 5.82 Å². The van der Waals surface area contributed by atoms with E-state index < -0.39 is 0 Å². The Kier molecular flexibility index (Phi) is 3.73. The van der Waals surface area contributed by atoms with Gasteiger partial charge in [-0.2, -0.15) is 0 Å². The van der Waals surface area contributed by atoms with Crippen molar-refractivity contribution in [2.24, 2.45) is 5.41 Å². The van der Waals surface area contributed by atoms with E-state index in [2.05, 4.69) is 17.2 Å². The summed E-state index contributed by atoms with van der Waals surface area (Å²) in [5.74, 6) is 0.492. The first-order valence-corrected chi connectivity index (χ1v) is 6.89. The minimum Gasteiger partial charge on any atom is -0.365 e. The van der Waals surface area contributed by atoms with E-state index in [9.17, 15) is 4.79 Å². The lowest BCUT2D eigenvalue weighted by Crippen LogP contribution is -2.37. The molecular formula is C14H23N3O. The third-order valence-electron chi connectivity index (χ3n) is 4.22. The Morgan fingerprint density at radius 2 is 2.22 bits per heavy atom. The molecule has 0 aromatic carbocycles. The predicted molar refractivity (Wildman–Crippen MR) is 73.9 cm³/mol. The van der Waals surface area contributed by atoms with Gasteiger partial charge >= 0.3 is 0 Å². The van der Waals surface area contributed by atoms with Crippen molar-refractivity contribution in [1.82, 2.24) is 9.55 Å². The molecule has 4 heteroatoms. The highest BCUT2D eigenvalue weighted by Gasteiger charge is 2.34. The SMILES string of the molecule is CCC1(CNc2nccn(C(C)C)c2=O)CCC1. The van der Waals surface area contributed by atoms with Gasteiger partial charge in [-0.1, -0.05) is 13.3 Å². The highest BCUT2D eigenvalue weighted by molar-refractivity contribution is 5.31. The number of rotatable bonds is 5. The molecule has 1 N–H and O–H groups in total. The summed E-state index contributed by atoms with van der Waals surface area (Å²) in [5.41, 5.74) is 0.380. The zero-order valence-electron chi connectivity index (χ0n) is 11.6. The van der Waals surface area contributed by atoms with Crippen molar-refractivity contribution in [2.45, 2.75) is 52.5 Å². The van der Waals surface area contributed by atoms with Gasteiger partial charge in [-0.15, -0.1) is 0 Å². The van der Waals surface area contributed by atoms with Crippen molar-refractivity contribution in [3.8, 4) is 0 Å². The van der Waals surface area contributed by atoms with E-state index in [0.29, 0.717) is 11.2 Å². The summed E-state index contributed by atoms with van der Waals surface area (Å²) in [6.45, 7) is 7.11. The second-order valence-electron chi connectivity index (χ2n) is 5.64. The maximum absolute atomic E-state index is 12.2. The van der Waals surface area contributed by atoms with Crippen LogP contribution in [0, 0.1) is 5.41 Å². The molecule has 0 amide bonds. The van der Waals surface area contributed by atoms with Crippen LogP contribution >= 0.6 is 0 Å². The van der Waals surface area contributed by atoms with Gasteiger partial charge in [-0.25, -0.2) is 4.98 Å². The van der Waals surface area contributed by atoms with Gasteiger partial charge in [0.2, 0.25) is 0 Å². The molecule has 0 aliphatic heterocycles. The van der Waals surface area contributed by atoms with E-state index in [1.54, 1.807) is 17.0 Å². The fourth-order valence-electron chi connectivity index (χ4n) is 2.56. The maximum atomic E-state index is 12.2. The lowest BCUT2D eigenvalue weighted by atomic mass is 9.67. The molecular weight excluding hydrogens is 226 g/mol. The molecule has 0 radical (unpaired) electrons. The Bertz CT molecular complexity index is 455. The van der Waals surface area contributed by atoms with Crippen molar-refractivity contribution >= 4 is 5.82 Å². The highest BCUT2D eigenvalue weighted by Crippen LogP contribution is 2.43. The van der Waals surface area contributed by atoms with Crippen molar-refractivity contribution in [3.05, 3.63) is 22.7 Å². The van der Waals surface area contributed by atoms with Gasteiger partial charge in [0, 0.05) is 25.0 Å². The Labute approximate surface area is 108 Å². The number of anilines is 1. The fourth-order valence-corrected chi connectivity index (χ4v) is 2.56. The molecule has 1 aromatic heterocycles. The standard InChI is InChI=1S/C14H23N3O/c1-4-14(6-5-7-14)10-16-12-13(18)17(11(2)3)9-8-15-12/h8-9,11H,4-7,10H2,1-3H3,(H,15,16). The average molecular weight is 249 g/mol. The number of hydrogen-bond acceptors (Lipinski definition) is 3. The Hall–Kier alpha value is -1.32. The lowest BCUT2D eigenvalue weighted by Gasteiger charge is -2.41. The molecule has 1 aromatic rings. The van der Waals surface area contributed by atoms with E-state index in [-0.39, 0.29) is 11.6 Å². The Morgan fingerprint density at radius 3 is 2.72 bits per heavy atom. The minimum absolute atomic E-state index is 0.0157. The summed E-state index contributed by atoms with van der Waals surface area (Å²) in [5, 5.41) is 3.26. The summed E-state index contributed by atoms with van der Waals surface area (Å²) in [7, 11) is 0. The van der Waals surface area contributed by atoms with Crippen molar-refractivity contribution in [1.29, 1.82) is 0 Å². The molecule has 0 saturated heterocycles. The molecule has 100 valence electrons. The van der Waals surface area contributed by atoms with Crippen LogP contribution in [-0.2, 0) is 0 Å². The third-order valence-corrected chi connectivity index (χ3v) is 4.22. The quantitative estimate of drug-likeness (QED) is 0.873. The number of hydrogen-bond donors (Lipinski definition) is 1. The van der Waals surface area contributed by atoms with Crippen LogP contribution in [0.3, 0.4) is 0 Å². The van der Waals surface area contributed by atoms with Gasteiger partial charge in [0.25, 0.3) is 5.56 Å². The molecule has 2 rings (SSSR count). The maximum Gasteiger partial charge on any atom is 0.293 e. The van der Waals surface area contributed by atoms with Crippen molar-refractivity contribution < 1.29 is 0 Å². The Morgan fingerprint density at radius 1 is 1.50 bits per heavy atom. The van der Waals surface area contributed by atoms with E-state index in [4.69, 9.17) is 0 Å². The first-order chi connectivity index (χ1) is 8.58. The molecule has 4 nitrogen and oxygen atoms in total. The predicted octanol–water partition coefficient (Wildman–Crippen LogP) is 2.82. The second kappa shape index (κ2) is 5.12. The number of aromatic nitrogens is 2. The second-order valence-corrected chi connectivity index (χ2v) is 5.64. The first kappa shape index (κ1) is 13.1. The van der Waals surface area contributed by atoms with Gasteiger partial charge in [0.15, 0.2) is 5.82 Å². The third kappa shape index (κ3) is 2.42. The topological polar surface area (TPSA) is 46.9 Å². The minimum atomic E-state index is -0.0157. The van der Waals surface area contributed by atoms with Crippen LogP contribution in [0.1, 0.15) is 52.5 Å². The van der Waals surface area contributed by atoms with E-state index in [1.165, 1.54) is 25.7 Å². The largest absolute Gasteiger partial charge is 0.365 e. The van der Waals surface area contributed by atoms with Gasteiger partial charge in [0.05, 0.1) is 0 Å². The molecule has 0 atom stereocenters. The zero-order valence-corrected chi connectivity index (χ0v) is 11.6. The van der Waals surface area contributed by atoms with Gasteiger partial charge in [-0.3, -0.25) is 4.79 Å². The molecule has 1 aliphatic carbocycles. The molecule has 1 heterocycles. The normalized spacial score (nSPS) is 17.6. The zero-order chi connectivity index (χ0) is 13.2. The molecule has 0 spiro atoms. The summed E-state index contributed by atoms with van der Waals surface area (Å²) in [6, 6.07) is 0.171. The summed E-state index contributed by atoms with van der Waals surface area (Å²) < 4.78 is 1.72. The smallest absolute Gasteiger partial charge is 0.293 e. The summed E-state index contributed by atoms with van der Waals surface area (Å²) in [6.07, 6.45) is 8.46. The molecule has 0 unspecified atom stereocenters. The molecule has 1 aliphatic rings. The van der Waals surface area contributed by atoms with Crippen LogP contribution < -0.4 is 10.9 Å². The summed E-state index contributed by atoms with van der Waals surface area (Å²) >= 11 is 0. The molecule has 18 heavy (non-hydrogen) atoms. The summed E-state index contributed by atoms with van der Waals surface area (Å²) in [4.78, 5) is 16.3.